The summed E-state index contributed by atoms with van der Waals surface area (Å²) in [7, 11) is 0. The van der Waals surface area contributed by atoms with E-state index in [1.807, 2.05) is 6.92 Å². The number of hydrogen-bond acceptors (Lipinski definition) is 5. The summed E-state index contributed by atoms with van der Waals surface area (Å²) in [5, 5.41) is 6.11. The number of carbonyl (C=O) groups excluding carboxylic acids is 3. The van der Waals surface area contributed by atoms with Gasteiger partial charge in [-0.2, -0.15) is 0 Å². The van der Waals surface area contributed by atoms with Crippen molar-refractivity contribution >= 4 is 46.4 Å². The molecule has 0 radical (unpaired) electrons. The van der Waals surface area contributed by atoms with Gasteiger partial charge < -0.3 is 20.1 Å². The van der Waals surface area contributed by atoms with Crippen LogP contribution in [0.4, 0.5) is 17.1 Å². The zero-order valence-electron chi connectivity index (χ0n) is 19.0. The van der Waals surface area contributed by atoms with E-state index in [1.165, 1.54) is 4.90 Å². The molecule has 35 heavy (non-hydrogen) atoms. The molecule has 180 valence electrons. The molecule has 1 aliphatic rings. The lowest BCUT2D eigenvalue weighted by Gasteiger charge is -2.36. The molecule has 0 aliphatic carbocycles. The highest BCUT2D eigenvalue weighted by atomic mass is 35.5. The lowest BCUT2D eigenvalue weighted by atomic mass is 10.0. The van der Waals surface area contributed by atoms with Crippen molar-refractivity contribution in [3.8, 4) is 11.5 Å². The third kappa shape index (κ3) is 5.73. The monoisotopic (exact) mass is 493 g/mol. The van der Waals surface area contributed by atoms with E-state index in [0.29, 0.717) is 40.2 Å². The number of carbonyl (C=O) groups is 3. The van der Waals surface area contributed by atoms with Crippen LogP contribution in [0.2, 0.25) is 5.02 Å². The summed E-state index contributed by atoms with van der Waals surface area (Å²) in [5.41, 5.74) is 1.46. The van der Waals surface area contributed by atoms with Gasteiger partial charge in [0.25, 0.3) is 5.91 Å². The number of ether oxygens (including phenoxy) is 2. The molecular formula is C26H24ClN3O5. The first-order valence-corrected chi connectivity index (χ1v) is 11.5. The molecule has 1 aliphatic heterocycles. The van der Waals surface area contributed by atoms with Crippen molar-refractivity contribution in [3.63, 3.8) is 0 Å². The first-order chi connectivity index (χ1) is 17.0. The summed E-state index contributed by atoms with van der Waals surface area (Å²) in [6, 6.07) is 19.5. The molecule has 0 spiro atoms. The summed E-state index contributed by atoms with van der Waals surface area (Å²) in [4.78, 5) is 40.5. The van der Waals surface area contributed by atoms with Gasteiger partial charge in [0.2, 0.25) is 11.8 Å². The lowest BCUT2D eigenvalue weighted by molar-refractivity contribution is -0.127. The van der Waals surface area contributed by atoms with E-state index < -0.39 is 23.8 Å². The molecule has 4 rings (SSSR count). The normalized spacial score (nSPS) is 14.5. The Hall–Kier alpha value is -4.04. The standard InChI is InChI=1S/C26H24ClN3O5/c1-2-34-23-10-6-4-8-20(23)28-24(31)15-22-26(33)29-19-7-3-5-9-21(19)30(22)25(32)16-35-18-13-11-17(27)12-14-18/h3-14,22H,2,15-16H2,1H3,(H,28,31)(H,29,33)/t22-/m0/s1. The molecule has 1 atom stereocenters. The van der Waals surface area contributed by atoms with Gasteiger partial charge in [-0.05, 0) is 55.5 Å². The Morgan fingerprint density at radius 3 is 2.49 bits per heavy atom. The number of halogens is 1. The maximum atomic E-state index is 13.3. The first-order valence-electron chi connectivity index (χ1n) is 11.1. The van der Waals surface area contributed by atoms with Crippen LogP contribution in [0, 0.1) is 0 Å². The third-order valence-electron chi connectivity index (χ3n) is 5.32. The van der Waals surface area contributed by atoms with Gasteiger partial charge in [0.15, 0.2) is 6.61 Å². The molecule has 0 saturated carbocycles. The van der Waals surface area contributed by atoms with Gasteiger partial charge in [-0.3, -0.25) is 19.3 Å². The van der Waals surface area contributed by atoms with Crippen molar-refractivity contribution in [2.45, 2.75) is 19.4 Å². The summed E-state index contributed by atoms with van der Waals surface area (Å²) >= 11 is 5.90. The molecule has 8 nitrogen and oxygen atoms in total. The van der Waals surface area contributed by atoms with E-state index in [-0.39, 0.29) is 13.0 Å². The summed E-state index contributed by atoms with van der Waals surface area (Å²) in [5.74, 6) is -0.384. The van der Waals surface area contributed by atoms with Crippen LogP contribution in [-0.4, -0.2) is 37.0 Å². The van der Waals surface area contributed by atoms with Crippen molar-refractivity contribution in [2.24, 2.45) is 0 Å². The highest BCUT2D eigenvalue weighted by molar-refractivity contribution is 6.30. The van der Waals surface area contributed by atoms with Crippen LogP contribution < -0.4 is 25.0 Å². The number of nitrogens with zero attached hydrogens (tertiary/aromatic N) is 1. The fraction of sp³-hybridized carbons (Fsp3) is 0.192. The quantitative estimate of drug-likeness (QED) is 0.481. The Balaban J connectivity index is 1.54. The van der Waals surface area contributed by atoms with Crippen LogP contribution in [0.3, 0.4) is 0 Å². The molecule has 0 aromatic heterocycles. The second-order valence-electron chi connectivity index (χ2n) is 7.71. The molecule has 3 aromatic carbocycles. The zero-order valence-corrected chi connectivity index (χ0v) is 19.7. The van der Waals surface area contributed by atoms with Crippen LogP contribution in [0.15, 0.2) is 72.8 Å². The highest BCUT2D eigenvalue weighted by Crippen LogP contribution is 2.33. The van der Waals surface area contributed by atoms with Crippen LogP contribution in [0.5, 0.6) is 11.5 Å². The van der Waals surface area contributed by atoms with Crippen molar-refractivity contribution in [1.82, 2.24) is 0 Å². The Bertz CT molecular complexity index is 1230. The number of nitrogens with one attached hydrogen (secondary N) is 2. The minimum Gasteiger partial charge on any atom is -0.492 e. The molecular weight excluding hydrogens is 470 g/mol. The van der Waals surface area contributed by atoms with Gasteiger partial charge in [-0.15, -0.1) is 0 Å². The fourth-order valence-corrected chi connectivity index (χ4v) is 3.88. The first kappa shape index (κ1) is 24.1. The third-order valence-corrected chi connectivity index (χ3v) is 5.57. The van der Waals surface area contributed by atoms with Crippen molar-refractivity contribution in [2.75, 3.05) is 28.7 Å². The Labute approximate surface area is 207 Å². The molecule has 0 fully saturated rings. The van der Waals surface area contributed by atoms with Gasteiger partial charge in [-0.1, -0.05) is 35.9 Å². The Kier molecular flexibility index (Phi) is 7.52. The number of anilines is 3. The van der Waals surface area contributed by atoms with E-state index in [2.05, 4.69) is 10.6 Å². The van der Waals surface area contributed by atoms with E-state index in [0.717, 1.165) is 0 Å². The average Bonchev–Trinajstić information content (AvgIpc) is 2.85. The Morgan fingerprint density at radius 1 is 1.00 bits per heavy atom. The predicted molar refractivity (Wildman–Crippen MR) is 134 cm³/mol. The van der Waals surface area contributed by atoms with Gasteiger partial charge in [0.05, 0.1) is 30.1 Å². The minimum atomic E-state index is -1.06. The molecule has 3 amide bonds. The van der Waals surface area contributed by atoms with Gasteiger partial charge in [0.1, 0.15) is 17.5 Å². The maximum Gasteiger partial charge on any atom is 0.265 e. The lowest BCUT2D eigenvalue weighted by Crippen LogP contribution is -2.53. The van der Waals surface area contributed by atoms with Crippen LogP contribution in [0.25, 0.3) is 0 Å². The van der Waals surface area contributed by atoms with Crippen LogP contribution in [0.1, 0.15) is 13.3 Å². The molecule has 1 heterocycles. The average molecular weight is 494 g/mol. The molecule has 0 unspecified atom stereocenters. The Morgan fingerprint density at radius 2 is 1.71 bits per heavy atom. The topological polar surface area (TPSA) is 97.0 Å². The van der Waals surface area contributed by atoms with Gasteiger partial charge in [-0.25, -0.2) is 0 Å². The minimum absolute atomic E-state index is 0.257. The summed E-state index contributed by atoms with van der Waals surface area (Å²) in [6.07, 6.45) is -0.257. The molecule has 9 heteroatoms. The van der Waals surface area contributed by atoms with Crippen LogP contribution in [-0.2, 0) is 14.4 Å². The number of fused-ring (bicyclic) bond motifs is 1. The van der Waals surface area contributed by atoms with E-state index in [1.54, 1.807) is 72.8 Å². The zero-order chi connectivity index (χ0) is 24.8. The van der Waals surface area contributed by atoms with E-state index >= 15 is 0 Å². The number of amides is 3. The highest BCUT2D eigenvalue weighted by Gasteiger charge is 2.38. The second-order valence-corrected chi connectivity index (χ2v) is 8.15. The largest absolute Gasteiger partial charge is 0.492 e. The number of rotatable bonds is 8. The second kappa shape index (κ2) is 10.9. The van der Waals surface area contributed by atoms with Crippen molar-refractivity contribution in [3.05, 3.63) is 77.8 Å². The predicted octanol–water partition coefficient (Wildman–Crippen LogP) is 4.50. The van der Waals surface area contributed by atoms with Crippen molar-refractivity contribution < 1.29 is 23.9 Å². The number of benzene rings is 3. The number of hydrogen-bond donors (Lipinski definition) is 2. The maximum absolute atomic E-state index is 13.3. The van der Waals surface area contributed by atoms with E-state index in [4.69, 9.17) is 21.1 Å². The van der Waals surface area contributed by atoms with Crippen molar-refractivity contribution in [1.29, 1.82) is 0 Å². The summed E-state index contributed by atoms with van der Waals surface area (Å²) < 4.78 is 11.2. The van der Waals surface area contributed by atoms with Gasteiger partial charge in [0, 0.05) is 5.02 Å². The van der Waals surface area contributed by atoms with E-state index in [9.17, 15) is 14.4 Å². The van der Waals surface area contributed by atoms with Gasteiger partial charge >= 0.3 is 0 Å². The number of para-hydroxylation sites is 4. The summed E-state index contributed by atoms with van der Waals surface area (Å²) in [6.45, 7) is 1.96. The van der Waals surface area contributed by atoms with Crippen LogP contribution >= 0.6 is 11.6 Å². The molecule has 3 aromatic rings. The molecule has 0 bridgehead atoms. The molecule has 2 N–H and O–H groups in total. The smallest absolute Gasteiger partial charge is 0.265 e. The fourth-order valence-electron chi connectivity index (χ4n) is 3.76. The SMILES string of the molecule is CCOc1ccccc1NC(=O)C[C@H]1C(=O)Nc2ccccc2N1C(=O)COc1ccc(Cl)cc1. The molecule has 0 saturated heterocycles.